The molecule has 0 radical (unpaired) electrons. The van der Waals surface area contributed by atoms with Crippen molar-refractivity contribution in [2.24, 2.45) is 0 Å². The molecule has 0 spiro atoms. The Bertz CT molecular complexity index is 601. The molecule has 6 heteroatoms. The molecule has 17 heavy (non-hydrogen) atoms. The van der Waals surface area contributed by atoms with Gasteiger partial charge in [0, 0.05) is 0 Å². The molecule has 88 valence electrons. The number of benzene rings is 1. The third-order valence-corrected chi connectivity index (χ3v) is 3.69. The monoisotopic (exact) mass is 267 g/mol. The van der Waals surface area contributed by atoms with Crippen LogP contribution in [0, 0.1) is 3.95 Å². The van der Waals surface area contributed by atoms with Crippen molar-refractivity contribution in [2.45, 2.75) is 6.54 Å². The number of aromatic nitrogens is 1. The lowest BCUT2D eigenvalue weighted by molar-refractivity contribution is -0.137. The first kappa shape index (κ1) is 11.8. The van der Waals surface area contributed by atoms with Crippen LogP contribution in [0.2, 0.25) is 0 Å². The predicted octanol–water partition coefficient (Wildman–Crippen LogP) is 2.74. The number of rotatable bonds is 3. The second kappa shape index (κ2) is 4.68. The smallest absolute Gasteiger partial charge is 0.323 e. The fourth-order valence-corrected chi connectivity index (χ4v) is 2.74. The maximum Gasteiger partial charge on any atom is 0.323 e. The van der Waals surface area contributed by atoms with Crippen molar-refractivity contribution in [3.05, 3.63) is 34.3 Å². The fraction of sp³-hybridized carbons (Fsp3) is 0.0909. The van der Waals surface area contributed by atoms with Crippen LogP contribution in [0.4, 0.5) is 0 Å². The van der Waals surface area contributed by atoms with E-state index in [4.69, 9.17) is 17.3 Å². The van der Waals surface area contributed by atoms with Crippen LogP contribution in [0.25, 0.3) is 10.4 Å². The number of hydrogen-bond acceptors (Lipinski definition) is 4. The van der Waals surface area contributed by atoms with Crippen LogP contribution in [-0.2, 0) is 11.3 Å². The van der Waals surface area contributed by atoms with E-state index in [0.717, 1.165) is 5.56 Å². The van der Waals surface area contributed by atoms with Gasteiger partial charge in [-0.15, -0.1) is 11.3 Å². The summed E-state index contributed by atoms with van der Waals surface area (Å²) in [7, 11) is 0. The minimum absolute atomic E-state index is 0.0893. The van der Waals surface area contributed by atoms with Gasteiger partial charge in [-0.1, -0.05) is 30.3 Å². The number of carboxylic acid groups (broad SMARTS) is 1. The van der Waals surface area contributed by atoms with Gasteiger partial charge in [-0.25, -0.2) is 0 Å². The van der Waals surface area contributed by atoms with Crippen molar-refractivity contribution in [1.82, 2.24) is 4.57 Å². The quantitative estimate of drug-likeness (QED) is 0.839. The summed E-state index contributed by atoms with van der Waals surface area (Å²) in [5, 5.41) is 18.7. The molecule has 1 aromatic heterocycles. The largest absolute Gasteiger partial charge is 0.493 e. The van der Waals surface area contributed by atoms with E-state index in [1.807, 2.05) is 30.3 Å². The number of aromatic hydroxyl groups is 1. The predicted molar refractivity (Wildman–Crippen MR) is 67.9 cm³/mol. The van der Waals surface area contributed by atoms with Crippen molar-refractivity contribution in [2.75, 3.05) is 0 Å². The summed E-state index contributed by atoms with van der Waals surface area (Å²) < 4.78 is 1.56. The van der Waals surface area contributed by atoms with E-state index < -0.39 is 5.97 Å². The molecule has 1 aromatic carbocycles. The molecule has 4 nitrogen and oxygen atoms in total. The normalized spacial score (nSPS) is 10.4. The fourth-order valence-electron chi connectivity index (χ4n) is 1.45. The SMILES string of the molecule is O=C(O)Cn1c(O)c(-c2ccccc2)sc1=S. The lowest BCUT2D eigenvalue weighted by Crippen LogP contribution is -2.07. The maximum atomic E-state index is 10.6. The molecule has 0 atom stereocenters. The van der Waals surface area contributed by atoms with Crippen molar-refractivity contribution < 1.29 is 15.0 Å². The van der Waals surface area contributed by atoms with Crippen LogP contribution in [-0.4, -0.2) is 20.7 Å². The molecular weight excluding hydrogens is 258 g/mol. The molecule has 0 aliphatic rings. The lowest BCUT2D eigenvalue weighted by Gasteiger charge is -2.01. The molecule has 2 N–H and O–H groups in total. The Labute approximate surface area is 106 Å². The number of carbonyl (C=O) groups is 1. The first-order valence-electron chi connectivity index (χ1n) is 4.79. The summed E-state index contributed by atoms with van der Waals surface area (Å²) in [4.78, 5) is 11.2. The molecule has 2 rings (SSSR count). The van der Waals surface area contributed by atoms with E-state index in [1.54, 1.807) is 0 Å². The molecule has 0 fully saturated rings. The van der Waals surface area contributed by atoms with Gasteiger partial charge < -0.3 is 10.2 Å². The number of nitrogens with zero attached hydrogens (tertiary/aromatic N) is 1. The Morgan fingerprint density at radius 1 is 1.35 bits per heavy atom. The molecule has 2 aromatic rings. The summed E-state index contributed by atoms with van der Waals surface area (Å²) in [5.74, 6) is -1.12. The van der Waals surface area contributed by atoms with Gasteiger partial charge >= 0.3 is 5.97 Å². The average molecular weight is 267 g/mol. The van der Waals surface area contributed by atoms with E-state index in [-0.39, 0.29) is 12.4 Å². The zero-order chi connectivity index (χ0) is 12.4. The van der Waals surface area contributed by atoms with Crippen LogP contribution >= 0.6 is 23.6 Å². The second-order valence-electron chi connectivity index (χ2n) is 3.37. The highest BCUT2D eigenvalue weighted by molar-refractivity contribution is 7.73. The minimum atomic E-state index is -1.03. The third-order valence-electron chi connectivity index (χ3n) is 2.20. The molecule has 1 heterocycles. The van der Waals surface area contributed by atoms with Crippen LogP contribution in [0.1, 0.15) is 0 Å². The number of aliphatic carboxylic acids is 1. The Balaban J connectivity index is 2.52. The molecule has 0 saturated carbocycles. The van der Waals surface area contributed by atoms with Gasteiger partial charge in [0.1, 0.15) is 6.54 Å². The molecule has 0 bridgehead atoms. The summed E-state index contributed by atoms with van der Waals surface area (Å²) in [6.45, 7) is -0.325. The Morgan fingerprint density at radius 3 is 2.59 bits per heavy atom. The van der Waals surface area contributed by atoms with E-state index in [2.05, 4.69) is 0 Å². The topological polar surface area (TPSA) is 62.5 Å². The molecule has 0 aliphatic heterocycles. The minimum Gasteiger partial charge on any atom is -0.493 e. The Morgan fingerprint density at radius 2 is 2.00 bits per heavy atom. The Hall–Kier alpha value is -1.66. The molecule has 0 aliphatic carbocycles. The highest BCUT2D eigenvalue weighted by Crippen LogP contribution is 2.35. The van der Waals surface area contributed by atoms with Gasteiger partial charge in [-0.2, -0.15) is 0 Å². The van der Waals surface area contributed by atoms with Crippen molar-refractivity contribution in [3.63, 3.8) is 0 Å². The zero-order valence-corrected chi connectivity index (χ0v) is 10.3. The third kappa shape index (κ3) is 2.37. The number of carboxylic acids is 1. The zero-order valence-electron chi connectivity index (χ0n) is 8.66. The highest BCUT2D eigenvalue weighted by Gasteiger charge is 2.15. The summed E-state index contributed by atoms with van der Waals surface area (Å²) in [5.41, 5.74) is 0.824. The first-order chi connectivity index (χ1) is 8.09. The molecule has 0 amide bonds. The first-order valence-corrected chi connectivity index (χ1v) is 6.02. The molecular formula is C11H9NO3S2. The summed E-state index contributed by atoms with van der Waals surface area (Å²) in [6.07, 6.45) is 0. The van der Waals surface area contributed by atoms with E-state index >= 15 is 0 Å². The number of hydrogen-bond donors (Lipinski definition) is 2. The second-order valence-corrected chi connectivity index (χ2v) is 5.01. The standard InChI is InChI=1S/C11H9NO3S2/c13-8(14)6-12-10(15)9(17-11(12)16)7-4-2-1-3-5-7/h1-5,15H,6H2,(H,13,14). The van der Waals surface area contributed by atoms with Gasteiger partial charge in [-0.05, 0) is 17.8 Å². The maximum absolute atomic E-state index is 10.6. The van der Waals surface area contributed by atoms with Gasteiger partial charge in [0.15, 0.2) is 3.95 Å². The Kier molecular flexibility index (Phi) is 3.26. The highest BCUT2D eigenvalue weighted by atomic mass is 32.1. The summed E-state index contributed by atoms with van der Waals surface area (Å²) >= 11 is 6.24. The van der Waals surface area contributed by atoms with Crippen molar-refractivity contribution >= 4 is 29.5 Å². The van der Waals surface area contributed by atoms with E-state index in [9.17, 15) is 9.90 Å². The molecule has 0 unspecified atom stereocenters. The lowest BCUT2D eigenvalue weighted by atomic mass is 10.2. The average Bonchev–Trinajstić information content (AvgIpc) is 2.58. The van der Waals surface area contributed by atoms with Crippen LogP contribution in [0.3, 0.4) is 0 Å². The van der Waals surface area contributed by atoms with Gasteiger partial charge in [-0.3, -0.25) is 9.36 Å². The van der Waals surface area contributed by atoms with Gasteiger partial charge in [0.25, 0.3) is 0 Å². The van der Waals surface area contributed by atoms with Crippen LogP contribution < -0.4 is 0 Å². The van der Waals surface area contributed by atoms with Crippen molar-refractivity contribution in [3.8, 4) is 16.3 Å². The van der Waals surface area contributed by atoms with Crippen LogP contribution in [0.15, 0.2) is 30.3 Å². The van der Waals surface area contributed by atoms with Gasteiger partial charge in [0.05, 0.1) is 4.88 Å². The van der Waals surface area contributed by atoms with Crippen molar-refractivity contribution in [1.29, 1.82) is 0 Å². The van der Waals surface area contributed by atoms with Crippen LogP contribution in [0.5, 0.6) is 5.88 Å². The number of thiazole rings is 1. The van der Waals surface area contributed by atoms with Gasteiger partial charge in [0.2, 0.25) is 5.88 Å². The molecule has 0 saturated heterocycles. The van der Waals surface area contributed by atoms with E-state index in [0.29, 0.717) is 8.83 Å². The summed E-state index contributed by atoms with van der Waals surface area (Å²) in [6, 6.07) is 9.24. The van der Waals surface area contributed by atoms with E-state index in [1.165, 1.54) is 15.9 Å².